The third-order valence-corrected chi connectivity index (χ3v) is 8.81. The number of amides is 1. The minimum Gasteiger partial charge on any atom is -0.388 e. The van der Waals surface area contributed by atoms with Crippen LogP contribution in [0.25, 0.3) is 16.9 Å². The number of rotatable bonds is 10. The number of carbonyl (C=O) groups is 1. The largest absolute Gasteiger partial charge is 0.453 e. The summed E-state index contributed by atoms with van der Waals surface area (Å²) in [5.41, 5.74) is 5.71. The zero-order chi connectivity index (χ0) is 34.2. The highest BCUT2D eigenvalue weighted by molar-refractivity contribution is 6.16. The van der Waals surface area contributed by atoms with E-state index in [0.717, 1.165) is 22.3 Å². The van der Waals surface area contributed by atoms with E-state index in [1.807, 2.05) is 55.5 Å². The van der Waals surface area contributed by atoms with Crippen LogP contribution in [0.4, 0.5) is 13.2 Å². The van der Waals surface area contributed by atoms with Gasteiger partial charge >= 0.3 is 6.18 Å². The third kappa shape index (κ3) is 7.07. The van der Waals surface area contributed by atoms with E-state index < -0.39 is 29.2 Å². The molecule has 1 amide bonds. The van der Waals surface area contributed by atoms with E-state index in [1.165, 1.54) is 9.08 Å². The molecule has 0 radical (unpaired) electrons. The molecule has 2 aromatic carbocycles. The van der Waals surface area contributed by atoms with Gasteiger partial charge in [-0.2, -0.15) is 23.3 Å². The lowest BCUT2D eigenvalue weighted by molar-refractivity contribution is -0.144. The summed E-state index contributed by atoms with van der Waals surface area (Å²) in [5, 5.41) is 18.3. The van der Waals surface area contributed by atoms with Crippen LogP contribution in [0.2, 0.25) is 0 Å². The molecule has 1 saturated carbocycles. The van der Waals surface area contributed by atoms with Crippen LogP contribution in [0, 0.1) is 0 Å². The van der Waals surface area contributed by atoms with Gasteiger partial charge in [0.1, 0.15) is 0 Å². The number of benzene rings is 2. The minimum atomic E-state index is -4.80. The van der Waals surface area contributed by atoms with Gasteiger partial charge in [0, 0.05) is 23.6 Å². The van der Waals surface area contributed by atoms with Gasteiger partial charge in [-0.1, -0.05) is 55.8 Å². The highest BCUT2D eigenvalue weighted by Gasteiger charge is 2.38. The Bertz CT molecular complexity index is 1900. The normalized spacial score (nSPS) is 18.7. The Morgan fingerprint density at radius 2 is 1.75 bits per heavy atom. The minimum absolute atomic E-state index is 0.102. The molecule has 4 aromatic rings. The van der Waals surface area contributed by atoms with Gasteiger partial charge in [0.05, 0.1) is 36.1 Å². The predicted molar refractivity (Wildman–Crippen MR) is 174 cm³/mol. The fourth-order valence-corrected chi connectivity index (χ4v) is 6.57. The molecular formula is C35H39F3N6O4. The molecule has 13 heteroatoms. The molecule has 0 unspecified atom stereocenters. The van der Waals surface area contributed by atoms with Gasteiger partial charge in [0.25, 0.3) is 11.4 Å². The van der Waals surface area contributed by atoms with Crippen molar-refractivity contribution in [3.8, 4) is 11.1 Å². The Hall–Kier alpha value is -4.36. The van der Waals surface area contributed by atoms with Crippen LogP contribution in [0.15, 0.2) is 58.4 Å². The Morgan fingerprint density at radius 1 is 1.02 bits per heavy atom. The summed E-state index contributed by atoms with van der Waals surface area (Å²) < 4.78 is 50.5. The molecule has 2 N–H and O–H groups in total. The van der Waals surface area contributed by atoms with Gasteiger partial charge in [0.2, 0.25) is 11.7 Å². The van der Waals surface area contributed by atoms with E-state index in [4.69, 9.17) is 4.74 Å². The lowest BCUT2D eigenvalue weighted by Gasteiger charge is -2.32. The first-order valence-electron chi connectivity index (χ1n) is 16.3. The molecule has 1 fully saturated rings. The molecule has 0 spiro atoms. The predicted octanol–water partition coefficient (Wildman–Crippen LogP) is 5.62. The Labute approximate surface area is 275 Å². The topological polar surface area (TPSA) is 123 Å². The average Bonchev–Trinajstić information content (AvgIpc) is 3.69. The van der Waals surface area contributed by atoms with Crippen molar-refractivity contribution in [2.75, 3.05) is 6.61 Å². The first-order chi connectivity index (χ1) is 22.8. The van der Waals surface area contributed by atoms with Crippen LogP contribution in [0.1, 0.15) is 93.5 Å². The van der Waals surface area contributed by atoms with Crippen LogP contribution in [0.3, 0.4) is 0 Å². The summed E-state index contributed by atoms with van der Waals surface area (Å²) in [7, 11) is 0. The van der Waals surface area contributed by atoms with Crippen molar-refractivity contribution in [1.82, 2.24) is 24.6 Å². The maximum atomic E-state index is 14.5. The molecule has 0 atom stereocenters. The molecule has 1 aliphatic carbocycles. The van der Waals surface area contributed by atoms with Gasteiger partial charge in [-0.3, -0.25) is 14.2 Å². The number of fused-ring (bicyclic) bond motifs is 1. The average molecular weight is 665 g/mol. The molecule has 254 valence electrons. The monoisotopic (exact) mass is 664 g/mol. The van der Waals surface area contributed by atoms with Gasteiger partial charge in [-0.25, -0.2) is 9.94 Å². The number of hydrazone groups is 1. The van der Waals surface area contributed by atoms with Crippen molar-refractivity contribution in [2.45, 2.75) is 96.1 Å². The molecule has 0 bridgehead atoms. The fourth-order valence-electron chi connectivity index (χ4n) is 6.57. The summed E-state index contributed by atoms with van der Waals surface area (Å²) in [4.78, 5) is 30.5. The van der Waals surface area contributed by atoms with Crippen molar-refractivity contribution in [2.24, 2.45) is 5.10 Å². The first kappa shape index (κ1) is 33.5. The number of hydrogen-bond acceptors (Lipinski definition) is 7. The molecular weight excluding hydrogens is 625 g/mol. The van der Waals surface area contributed by atoms with E-state index in [9.17, 15) is 27.9 Å². The van der Waals surface area contributed by atoms with E-state index >= 15 is 0 Å². The molecule has 1 aliphatic heterocycles. The van der Waals surface area contributed by atoms with Crippen molar-refractivity contribution < 1.29 is 27.8 Å². The summed E-state index contributed by atoms with van der Waals surface area (Å²) in [6.45, 7) is 5.37. The number of nitrogens with zero attached hydrogens (tertiary/aromatic N) is 5. The Balaban J connectivity index is 1.44. The highest BCUT2D eigenvalue weighted by atomic mass is 19.4. The van der Waals surface area contributed by atoms with E-state index in [2.05, 4.69) is 20.6 Å². The fraction of sp³-hybridized carbons (Fsp3) is 0.457. The van der Waals surface area contributed by atoms with Crippen LogP contribution in [0.5, 0.6) is 0 Å². The van der Waals surface area contributed by atoms with Gasteiger partial charge in [-0.05, 0) is 68.7 Å². The SMILES string of the molecule is CCCc1c(Cc2ccc(-c3ccccc3)c(C3=NNC(=O)C3)c2)c(=O)n(C2CCC(OCC(C)(C)O)CC2)c2nc(C(F)(F)F)nn12. The second-order valence-electron chi connectivity index (χ2n) is 13.2. The number of hydrogen-bond donors (Lipinski definition) is 2. The lowest BCUT2D eigenvalue weighted by Crippen LogP contribution is -2.36. The lowest BCUT2D eigenvalue weighted by atomic mass is 9.91. The van der Waals surface area contributed by atoms with Gasteiger partial charge in [0.15, 0.2) is 0 Å². The zero-order valence-electron chi connectivity index (χ0n) is 27.2. The van der Waals surface area contributed by atoms with Crippen molar-refractivity contribution >= 4 is 17.4 Å². The van der Waals surface area contributed by atoms with Crippen LogP contribution >= 0.6 is 0 Å². The second kappa shape index (κ2) is 13.3. The van der Waals surface area contributed by atoms with E-state index in [1.54, 1.807) is 13.8 Å². The highest BCUT2D eigenvalue weighted by Crippen LogP contribution is 2.34. The molecule has 48 heavy (non-hydrogen) atoms. The maximum absolute atomic E-state index is 14.5. The molecule has 10 nitrogen and oxygen atoms in total. The molecule has 3 heterocycles. The number of nitrogens with one attached hydrogen (secondary N) is 1. The van der Waals surface area contributed by atoms with Crippen molar-refractivity contribution in [3.63, 3.8) is 0 Å². The van der Waals surface area contributed by atoms with Crippen LogP contribution in [-0.4, -0.2) is 54.2 Å². The number of alkyl halides is 3. The number of aromatic nitrogens is 4. The third-order valence-electron chi connectivity index (χ3n) is 8.81. The number of ether oxygens (including phenoxy) is 1. The molecule has 6 rings (SSSR count). The van der Waals surface area contributed by atoms with Crippen LogP contribution < -0.4 is 11.0 Å². The van der Waals surface area contributed by atoms with Crippen molar-refractivity contribution in [3.05, 3.63) is 87.1 Å². The number of carbonyl (C=O) groups excluding carboxylic acids is 1. The molecule has 0 saturated heterocycles. The Morgan fingerprint density at radius 3 is 2.38 bits per heavy atom. The van der Waals surface area contributed by atoms with Gasteiger partial charge < -0.3 is 9.84 Å². The number of aryl methyl sites for hydroxylation is 1. The first-order valence-corrected chi connectivity index (χ1v) is 16.3. The number of halogens is 3. The molecule has 2 aromatic heterocycles. The quantitative estimate of drug-likeness (QED) is 0.227. The smallest absolute Gasteiger partial charge is 0.388 e. The summed E-state index contributed by atoms with van der Waals surface area (Å²) >= 11 is 0. The summed E-state index contributed by atoms with van der Waals surface area (Å²) in [6.07, 6.45) is -1.68. The summed E-state index contributed by atoms with van der Waals surface area (Å²) in [5.74, 6) is -1.64. The van der Waals surface area contributed by atoms with E-state index in [0.29, 0.717) is 55.5 Å². The second-order valence-corrected chi connectivity index (χ2v) is 13.2. The number of aliphatic hydroxyl groups is 1. The van der Waals surface area contributed by atoms with Gasteiger partial charge in [-0.15, -0.1) is 5.10 Å². The Kier molecular flexibility index (Phi) is 9.27. The van der Waals surface area contributed by atoms with Crippen molar-refractivity contribution in [1.29, 1.82) is 0 Å². The molecule has 2 aliphatic rings. The van der Waals surface area contributed by atoms with E-state index in [-0.39, 0.29) is 37.2 Å². The zero-order valence-corrected chi connectivity index (χ0v) is 27.2. The van der Waals surface area contributed by atoms with Crippen LogP contribution in [-0.2, 0) is 28.5 Å². The standard InChI is InChI=1S/C35H39F3N6O4/c1-4-8-29-27(18-21-11-16-25(22-9-6-5-7-10-22)26(17-21)28-19-30(45)41-40-28)31(46)43(33-39-32(35(36,37)38)42-44(29)33)23-12-14-24(15-13-23)48-20-34(2,3)47/h5-7,9-11,16-17,23-24,47H,4,8,12-15,18-20H2,1-3H3,(H,41,45). The summed E-state index contributed by atoms with van der Waals surface area (Å²) in [6, 6.07) is 15.0. The maximum Gasteiger partial charge on any atom is 0.453 e.